The molecule has 3 aromatic rings. The van der Waals surface area contributed by atoms with E-state index >= 15 is 0 Å². The van der Waals surface area contributed by atoms with Gasteiger partial charge in [0.25, 0.3) is 0 Å². The summed E-state index contributed by atoms with van der Waals surface area (Å²) in [7, 11) is 0. The second kappa shape index (κ2) is 5.29. The maximum Gasteiger partial charge on any atom is 0.204 e. The Balaban J connectivity index is 1.78. The molecule has 0 aliphatic heterocycles. The van der Waals surface area contributed by atoms with Crippen molar-refractivity contribution < 1.29 is 0 Å². The van der Waals surface area contributed by atoms with Gasteiger partial charge in [-0.3, -0.25) is 0 Å². The number of tetrazole rings is 1. The minimum atomic E-state index is 0.574. The smallest absolute Gasteiger partial charge is 0.204 e. The summed E-state index contributed by atoms with van der Waals surface area (Å²) in [4.78, 5) is 3.95. The predicted molar refractivity (Wildman–Crippen MR) is 74.6 cm³/mol. The van der Waals surface area contributed by atoms with E-state index in [9.17, 15) is 0 Å². The first-order valence-corrected chi connectivity index (χ1v) is 6.77. The summed E-state index contributed by atoms with van der Waals surface area (Å²) < 4.78 is 0. The molecule has 2 N–H and O–H groups in total. The summed E-state index contributed by atoms with van der Waals surface area (Å²) in [5.74, 6) is 0.649. The Morgan fingerprint density at radius 1 is 1.05 bits per heavy atom. The van der Waals surface area contributed by atoms with Gasteiger partial charge >= 0.3 is 0 Å². The first-order valence-electron chi connectivity index (χ1n) is 5.96. The molecule has 3 rings (SSSR count). The predicted octanol–water partition coefficient (Wildman–Crippen LogP) is 1.91. The number of nitrogens with zero attached hydrogens (tertiary/aromatic N) is 4. The number of thiophene rings is 1. The lowest BCUT2D eigenvalue weighted by Crippen LogP contribution is -2.02. The van der Waals surface area contributed by atoms with Gasteiger partial charge < -0.3 is 5.73 Å². The fourth-order valence-electron chi connectivity index (χ4n) is 1.77. The van der Waals surface area contributed by atoms with Crippen molar-refractivity contribution in [1.29, 1.82) is 0 Å². The van der Waals surface area contributed by atoms with Gasteiger partial charge in [-0.05, 0) is 17.3 Å². The maximum atomic E-state index is 5.60. The summed E-state index contributed by atoms with van der Waals surface area (Å²) >= 11 is 1.68. The molecular formula is C13H13N5S. The molecule has 0 amide bonds. The largest absolute Gasteiger partial charge is 0.326 e. The number of benzene rings is 1. The second-order valence-corrected chi connectivity index (χ2v) is 5.33. The molecule has 0 fully saturated rings. The van der Waals surface area contributed by atoms with Crippen molar-refractivity contribution in [3.8, 4) is 11.4 Å². The standard InChI is InChI=1S/C13H13N5S/c14-8-11-6-7-12(19-11)9-18-16-13(15-17-18)10-4-2-1-3-5-10/h1-7H,8-9,14H2. The Labute approximate surface area is 114 Å². The van der Waals surface area contributed by atoms with Crippen LogP contribution in [0.1, 0.15) is 9.75 Å². The van der Waals surface area contributed by atoms with Crippen LogP contribution in [0.3, 0.4) is 0 Å². The zero-order valence-electron chi connectivity index (χ0n) is 10.2. The number of hydrogen-bond donors (Lipinski definition) is 1. The van der Waals surface area contributed by atoms with Crippen LogP contribution in [-0.2, 0) is 13.1 Å². The third-order valence-corrected chi connectivity index (χ3v) is 3.79. The van der Waals surface area contributed by atoms with Crippen molar-refractivity contribution >= 4 is 11.3 Å². The Bertz CT molecular complexity index is 658. The third kappa shape index (κ3) is 2.69. The van der Waals surface area contributed by atoms with Gasteiger partial charge in [0.05, 0.1) is 6.54 Å². The monoisotopic (exact) mass is 271 g/mol. The zero-order valence-corrected chi connectivity index (χ0v) is 11.0. The molecule has 2 heterocycles. The van der Waals surface area contributed by atoms with Crippen molar-refractivity contribution in [3.63, 3.8) is 0 Å². The molecule has 1 aromatic carbocycles. The van der Waals surface area contributed by atoms with Crippen molar-refractivity contribution in [2.45, 2.75) is 13.1 Å². The molecule has 0 unspecified atom stereocenters. The molecule has 19 heavy (non-hydrogen) atoms. The van der Waals surface area contributed by atoms with Crippen LogP contribution in [0.2, 0.25) is 0 Å². The van der Waals surface area contributed by atoms with Gasteiger partial charge in [0.2, 0.25) is 5.82 Å². The molecule has 6 heteroatoms. The van der Waals surface area contributed by atoms with Gasteiger partial charge in [-0.1, -0.05) is 30.3 Å². The Morgan fingerprint density at radius 2 is 1.84 bits per heavy atom. The molecule has 5 nitrogen and oxygen atoms in total. The fraction of sp³-hybridized carbons (Fsp3) is 0.154. The number of aromatic nitrogens is 4. The molecule has 2 aromatic heterocycles. The zero-order chi connectivity index (χ0) is 13.1. The highest BCUT2D eigenvalue weighted by Crippen LogP contribution is 2.17. The molecular weight excluding hydrogens is 258 g/mol. The Morgan fingerprint density at radius 3 is 2.58 bits per heavy atom. The van der Waals surface area contributed by atoms with Gasteiger partial charge in [0, 0.05) is 21.9 Å². The first kappa shape index (κ1) is 12.0. The minimum absolute atomic E-state index is 0.574. The van der Waals surface area contributed by atoms with Gasteiger partial charge in [0.1, 0.15) is 0 Å². The van der Waals surface area contributed by atoms with Crippen molar-refractivity contribution in [2.24, 2.45) is 5.73 Å². The van der Waals surface area contributed by atoms with E-state index in [0.717, 1.165) is 5.56 Å². The highest BCUT2D eigenvalue weighted by atomic mass is 32.1. The van der Waals surface area contributed by atoms with Crippen molar-refractivity contribution in [3.05, 3.63) is 52.2 Å². The summed E-state index contributed by atoms with van der Waals surface area (Å²) in [5.41, 5.74) is 6.57. The van der Waals surface area contributed by atoms with Crippen LogP contribution >= 0.6 is 11.3 Å². The van der Waals surface area contributed by atoms with Crippen LogP contribution in [0.5, 0.6) is 0 Å². The molecule has 0 aliphatic rings. The van der Waals surface area contributed by atoms with Crippen LogP contribution in [0.15, 0.2) is 42.5 Å². The summed E-state index contributed by atoms with van der Waals surface area (Å²) in [6, 6.07) is 13.9. The van der Waals surface area contributed by atoms with E-state index in [1.165, 1.54) is 9.75 Å². The number of rotatable bonds is 4. The van der Waals surface area contributed by atoms with E-state index in [1.54, 1.807) is 16.1 Å². The van der Waals surface area contributed by atoms with Crippen LogP contribution in [0.25, 0.3) is 11.4 Å². The summed E-state index contributed by atoms with van der Waals surface area (Å²) in [6.07, 6.45) is 0. The van der Waals surface area contributed by atoms with E-state index in [-0.39, 0.29) is 0 Å². The SMILES string of the molecule is NCc1ccc(Cn2nnc(-c3ccccc3)n2)s1. The molecule has 0 aliphatic carbocycles. The summed E-state index contributed by atoms with van der Waals surface area (Å²) in [5, 5.41) is 12.5. The van der Waals surface area contributed by atoms with E-state index in [1.807, 2.05) is 36.4 Å². The average Bonchev–Trinajstić information content (AvgIpc) is 3.09. The van der Waals surface area contributed by atoms with Gasteiger partial charge in [-0.15, -0.1) is 21.5 Å². The normalized spacial score (nSPS) is 10.8. The lowest BCUT2D eigenvalue weighted by atomic mass is 10.2. The summed E-state index contributed by atoms with van der Waals surface area (Å²) in [6.45, 7) is 1.20. The highest BCUT2D eigenvalue weighted by molar-refractivity contribution is 7.11. The van der Waals surface area contributed by atoms with E-state index < -0.39 is 0 Å². The topological polar surface area (TPSA) is 69.6 Å². The number of hydrogen-bond acceptors (Lipinski definition) is 5. The second-order valence-electron chi connectivity index (χ2n) is 4.08. The minimum Gasteiger partial charge on any atom is -0.326 e. The lowest BCUT2D eigenvalue weighted by Gasteiger charge is -1.95. The van der Waals surface area contributed by atoms with E-state index in [0.29, 0.717) is 18.9 Å². The molecule has 0 atom stereocenters. The van der Waals surface area contributed by atoms with Crippen LogP contribution < -0.4 is 5.73 Å². The molecule has 0 radical (unpaired) electrons. The van der Waals surface area contributed by atoms with E-state index in [4.69, 9.17) is 5.73 Å². The molecule has 96 valence electrons. The molecule has 0 bridgehead atoms. The lowest BCUT2D eigenvalue weighted by molar-refractivity contribution is 0.578. The number of nitrogens with two attached hydrogens (primary N) is 1. The van der Waals surface area contributed by atoms with E-state index in [2.05, 4.69) is 21.5 Å². The molecule has 0 spiro atoms. The van der Waals surface area contributed by atoms with Gasteiger partial charge in [-0.25, -0.2) is 0 Å². The molecule has 0 saturated heterocycles. The fourth-order valence-corrected chi connectivity index (χ4v) is 2.64. The van der Waals surface area contributed by atoms with Crippen molar-refractivity contribution in [2.75, 3.05) is 0 Å². The quantitative estimate of drug-likeness (QED) is 0.787. The maximum absolute atomic E-state index is 5.60. The van der Waals surface area contributed by atoms with Crippen molar-refractivity contribution in [1.82, 2.24) is 20.2 Å². The van der Waals surface area contributed by atoms with Gasteiger partial charge in [-0.2, -0.15) is 4.80 Å². The first-order chi connectivity index (χ1) is 9.35. The third-order valence-electron chi connectivity index (χ3n) is 2.70. The van der Waals surface area contributed by atoms with Crippen LogP contribution in [-0.4, -0.2) is 20.2 Å². The average molecular weight is 271 g/mol. The Kier molecular flexibility index (Phi) is 3.35. The van der Waals surface area contributed by atoms with Crippen LogP contribution in [0.4, 0.5) is 0 Å². The Hall–Kier alpha value is -2.05. The molecule has 0 saturated carbocycles. The highest BCUT2D eigenvalue weighted by Gasteiger charge is 2.06. The van der Waals surface area contributed by atoms with Crippen LogP contribution in [0, 0.1) is 0 Å². The van der Waals surface area contributed by atoms with Gasteiger partial charge in [0.15, 0.2) is 0 Å².